The van der Waals surface area contributed by atoms with Crippen molar-refractivity contribution in [2.75, 3.05) is 45.9 Å². The first-order chi connectivity index (χ1) is 14.9. The Labute approximate surface area is 181 Å². The molecule has 8 nitrogen and oxygen atoms in total. The maximum absolute atomic E-state index is 14.9. The second kappa shape index (κ2) is 8.74. The Balaban J connectivity index is 1.78. The van der Waals surface area contributed by atoms with Gasteiger partial charge in [0.2, 0.25) is 0 Å². The van der Waals surface area contributed by atoms with Crippen LogP contribution in [0.2, 0.25) is 0 Å². The molecule has 1 aromatic heterocycles. The number of anilines is 2. The first kappa shape index (κ1) is 21.4. The van der Waals surface area contributed by atoms with Crippen molar-refractivity contribution in [2.45, 2.75) is 38.8 Å². The predicted molar refractivity (Wildman–Crippen MR) is 116 cm³/mol. The molecule has 2 aromatic rings. The van der Waals surface area contributed by atoms with Gasteiger partial charge in [0, 0.05) is 57.6 Å². The third kappa shape index (κ3) is 3.94. The van der Waals surface area contributed by atoms with Gasteiger partial charge in [-0.05, 0) is 31.4 Å². The van der Waals surface area contributed by atoms with Crippen LogP contribution in [0.5, 0.6) is 5.75 Å². The average Bonchev–Trinajstić information content (AvgIpc) is 3.17. The Bertz CT molecular complexity index is 971. The molecule has 1 fully saturated rings. The molecule has 4 rings (SSSR count). The zero-order valence-electron chi connectivity index (χ0n) is 18.6. The molecule has 0 radical (unpaired) electrons. The van der Waals surface area contributed by atoms with Crippen molar-refractivity contribution in [3.63, 3.8) is 0 Å². The molecule has 2 amide bonds. The van der Waals surface area contributed by atoms with Crippen molar-refractivity contribution < 1.29 is 18.7 Å². The van der Waals surface area contributed by atoms with Crippen LogP contribution in [0.15, 0.2) is 12.1 Å². The van der Waals surface area contributed by atoms with E-state index in [0.29, 0.717) is 50.0 Å². The Morgan fingerprint density at radius 1 is 1.35 bits per heavy atom. The van der Waals surface area contributed by atoms with E-state index in [0.717, 1.165) is 29.7 Å². The molecule has 2 aliphatic heterocycles. The van der Waals surface area contributed by atoms with Gasteiger partial charge >= 0.3 is 6.03 Å². The van der Waals surface area contributed by atoms with Gasteiger partial charge in [0.15, 0.2) is 5.82 Å². The summed E-state index contributed by atoms with van der Waals surface area (Å²) in [5, 5.41) is 7.65. The number of aryl methyl sites for hydroxylation is 1. The Morgan fingerprint density at radius 2 is 2.10 bits per heavy atom. The maximum atomic E-state index is 14.9. The van der Waals surface area contributed by atoms with Crippen LogP contribution in [-0.4, -0.2) is 61.7 Å². The summed E-state index contributed by atoms with van der Waals surface area (Å²) in [5.74, 6) is 0.946. The zero-order chi connectivity index (χ0) is 22.1. The van der Waals surface area contributed by atoms with E-state index in [9.17, 15) is 9.18 Å². The van der Waals surface area contributed by atoms with Gasteiger partial charge in [-0.1, -0.05) is 0 Å². The third-order valence-corrected chi connectivity index (χ3v) is 6.25. The lowest BCUT2D eigenvalue weighted by Gasteiger charge is -2.30. The van der Waals surface area contributed by atoms with Crippen LogP contribution >= 0.6 is 0 Å². The molecule has 0 unspecified atom stereocenters. The smallest absolute Gasteiger partial charge is 0.317 e. The van der Waals surface area contributed by atoms with Crippen LogP contribution in [0.3, 0.4) is 0 Å². The van der Waals surface area contributed by atoms with E-state index in [1.807, 2.05) is 14.0 Å². The molecule has 2 aliphatic rings. The van der Waals surface area contributed by atoms with E-state index in [1.54, 1.807) is 30.0 Å². The second-order valence-electron chi connectivity index (χ2n) is 8.10. The number of hydrogen-bond acceptors (Lipinski definition) is 5. The maximum Gasteiger partial charge on any atom is 0.317 e. The summed E-state index contributed by atoms with van der Waals surface area (Å²) >= 11 is 0. The largest absolute Gasteiger partial charge is 0.496 e. The monoisotopic (exact) mass is 431 g/mol. The van der Waals surface area contributed by atoms with Crippen LogP contribution in [-0.2, 0) is 17.7 Å². The Hall–Kier alpha value is -2.81. The van der Waals surface area contributed by atoms with E-state index in [2.05, 4.69) is 10.00 Å². The van der Waals surface area contributed by atoms with E-state index in [1.165, 1.54) is 6.07 Å². The number of nitrogens with zero attached hydrogens (tertiary/aromatic N) is 4. The number of benzene rings is 1. The fourth-order valence-corrected chi connectivity index (χ4v) is 4.49. The minimum absolute atomic E-state index is 0.124. The molecule has 0 bridgehead atoms. The molecule has 1 saturated heterocycles. The van der Waals surface area contributed by atoms with E-state index in [4.69, 9.17) is 14.6 Å². The van der Waals surface area contributed by atoms with Crippen molar-refractivity contribution in [3.8, 4) is 5.75 Å². The van der Waals surface area contributed by atoms with Crippen LogP contribution in [0.4, 0.5) is 20.7 Å². The predicted octanol–water partition coefficient (Wildman–Crippen LogP) is 3.16. The van der Waals surface area contributed by atoms with Crippen LogP contribution < -0.4 is 15.0 Å². The summed E-state index contributed by atoms with van der Waals surface area (Å²) in [6.07, 6.45) is 2.49. The van der Waals surface area contributed by atoms with Gasteiger partial charge in [0.05, 0.1) is 25.4 Å². The van der Waals surface area contributed by atoms with Gasteiger partial charge in [-0.2, -0.15) is 5.10 Å². The lowest BCUT2D eigenvalue weighted by molar-refractivity contribution is 0.0651. The van der Waals surface area contributed by atoms with Crippen molar-refractivity contribution in [3.05, 3.63) is 34.8 Å². The molecule has 1 N–H and O–H groups in total. The zero-order valence-corrected chi connectivity index (χ0v) is 18.6. The summed E-state index contributed by atoms with van der Waals surface area (Å²) in [6, 6.07) is 3.29. The third-order valence-electron chi connectivity index (χ3n) is 6.25. The first-order valence-electron chi connectivity index (χ1n) is 10.7. The van der Waals surface area contributed by atoms with Crippen molar-refractivity contribution in [2.24, 2.45) is 0 Å². The number of aromatic nitrogens is 2. The quantitative estimate of drug-likeness (QED) is 0.805. The van der Waals surface area contributed by atoms with Gasteiger partial charge in [-0.15, -0.1) is 0 Å². The summed E-state index contributed by atoms with van der Waals surface area (Å²) in [6.45, 7) is 4.28. The average molecular weight is 432 g/mol. The molecular weight excluding hydrogens is 401 g/mol. The normalized spacial score (nSPS) is 16.7. The number of carbonyl (C=O) groups excluding carboxylic acids is 1. The van der Waals surface area contributed by atoms with Crippen LogP contribution in [0.1, 0.15) is 35.7 Å². The van der Waals surface area contributed by atoms with Gasteiger partial charge in [0.1, 0.15) is 11.6 Å². The summed E-state index contributed by atoms with van der Waals surface area (Å²) in [5.41, 5.74) is 3.20. The number of fused-ring (bicyclic) bond motifs is 1. The number of rotatable bonds is 4. The molecular formula is C22H30FN5O3. The molecule has 0 spiro atoms. The molecule has 0 aliphatic carbocycles. The molecule has 31 heavy (non-hydrogen) atoms. The van der Waals surface area contributed by atoms with E-state index < -0.39 is 0 Å². The van der Waals surface area contributed by atoms with Gasteiger partial charge in [0.25, 0.3) is 0 Å². The highest BCUT2D eigenvalue weighted by molar-refractivity contribution is 5.75. The molecule has 3 heterocycles. The minimum Gasteiger partial charge on any atom is -0.496 e. The van der Waals surface area contributed by atoms with Gasteiger partial charge < -0.3 is 24.6 Å². The molecule has 1 aromatic carbocycles. The highest BCUT2D eigenvalue weighted by Crippen LogP contribution is 2.38. The van der Waals surface area contributed by atoms with Crippen molar-refractivity contribution in [1.82, 2.24) is 20.0 Å². The Kier molecular flexibility index (Phi) is 6.04. The topological polar surface area (TPSA) is 71.9 Å². The van der Waals surface area contributed by atoms with Crippen molar-refractivity contribution in [1.29, 1.82) is 0 Å². The molecule has 9 heteroatoms. The minimum atomic E-state index is -0.339. The van der Waals surface area contributed by atoms with Crippen LogP contribution in [0, 0.1) is 12.7 Å². The number of ether oxygens (including phenoxy) is 2. The van der Waals surface area contributed by atoms with Crippen LogP contribution in [0.25, 0.3) is 0 Å². The SMILES string of the molecule is CNC(=O)N1CCc2c(c(N(C)c3cc(OC)c(C)cc3F)nn2C2CCOCC2)C1. The second-order valence-corrected chi connectivity index (χ2v) is 8.10. The highest BCUT2D eigenvalue weighted by atomic mass is 19.1. The number of methoxy groups -OCH3 is 1. The summed E-state index contributed by atoms with van der Waals surface area (Å²) < 4.78 is 28.0. The summed E-state index contributed by atoms with van der Waals surface area (Å²) in [7, 11) is 5.01. The highest BCUT2D eigenvalue weighted by Gasteiger charge is 2.32. The van der Waals surface area contributed by atoms with Crippen molar-refractivity contribution >= 4 is 17.5 Å². The number of amides is 2. The van der Waals surface area contributed by atoms with E-state index >= 15 is 0 Å². The van der Waals surface area contributed by atoms with Gasteiger partial charge in [-0.3, -0.25) is 4.68 Å². The lowest BCUT2D eigenvalue weighted by atomic mass is 10.0. The molecule has 168 valence electrons. The standard InChI is InChI=1S/C22H30FN5O3/c1-14-11-17(23)19(12-20(14)30-4)26(3)21-16-13-27(22(29)24-2)8-5-18(16)28(25-21)15-6-9-31-10-7-15/h11-12,15H,5-10,13H2,1-4H3,(H,24,29). The Morgan fingerprint density at radius 3 is 2.77 bits per heavy atom. The number of nitrogens with one attached hydrogen (secondary N) is 1. The molecule has 0 atom stereocenters. The number of carbonyl (C=O) groups is 1. The molecule has 0 saturated carbocycles. The van der Waals surface area contributed by atoms with Gasteiger partial charge in [-0.25, -0.2) is 9.18 Å². The van der Waals surface area contributed by atoms with E-state index in [-0.39, 0.29) is 17.9 Å². The number of halogens is 1. The fourth-order valence-electron chi connectivity index (χ4n) is 4.49. The number of urea groups is 1. The summed E-state index contributed by atoms with van der Waals surface area (Å²) in [4.78, 5) is 15.8. The first-order valence-corrected chi connectivity index (χ1v) is 10.7. The lowest BCUT2D eigenvalue weighted by Crippen LogP contribution is -2.41. The fraction of sp³-hybridized carbons (Fsp3) is 0.545. The number of hydrogen-bond donors (Lipinski definition) is 1.